The number of thioether (sulfide) groups is 1. The van der Waals surface area contributed by atoms with Gasteiger partial charge in [-0.25, -0.2) is 4.98 Å². The van der Waals surface area contributed by atoms with Crippen LogP contribution in [0.25, 0.3) is 11.2 Å². The number of fused-ring (bicyclic) bond motifs is 1. The summed E-state index contributed by atoms with van der Waals surface area (Å²) in [4.78, 5) is 4.80. The van der Waals surface area contributed by atoms with E-state index in [2.05, 4.69) is 36.7 Å². The zero-order valence-corrected chi connectivity index (χ0v) is 14.5. The first-order valence-corrected chi connectivity index (χ1v) is 8.71. The van der Waals surface area contributed by atoms with E-state index >= 15 is 0 Å². The van der Waals surface area contributed by atoms with Crippen LogP contribution < -0.4 is 0 Å². The molecule has 0 aromatic carbocycles. The third-order valence-corrected chi connectivity index (χ3v) is 5.04. The third-order valence-electron chi connectivity index (χ3n) is 3.61. The van der Waals surface area contributed by atoms with E-state index in [-0.39, 0.29) is 4.75 Å². The van der Waals surface area contributed by atoms with Crippen LogP contribution in [0.5, 0.6) is 0 Å². The molecule has 0 fully saturated rings. The molecule has 0 atom stereocenters. The fourth-order valence-electron chi connectivity index (χ4n) is 2.41. The van der Waals surface area contributed by atoms with Crippen LogP contribution in [0.1, 0.15) is 32.3 Å². The van der Waals surface area contributed by atoms with Gasteiger partial charge in [0.1, 0.15) is 11.3 Å². The van der Waals surface area contributed by atoms with Gasteiger partial charge in [0.05, 0.1) is 5.69 Å². The minimum atomic E-state index is 0.158. The van der Waals surface area contributed by atoms with Gasteiger partial charge in [-0.2, -0.15) is 16.9 Å². The van der Waals surface area contributed by atoms with Crippen molar-refractivity contribution in [1.29, 1.82) is 0 Å². The summed E-state index contributed by atoms with van der Waals surface area (Å²) in [6.07, 6.45) is 3.85. The highest BCUT2D eigenvalue weighted by Gasteiger charge is 2.24. The highest BCUT2D eigenvalue weighted by molar-refractivity contribution is 7.99. The Hall–Kier alpha value is -0.680. The summed E-state index contributed by atoms with van der Waals surface area (Å²) in [6, 6.07) is 0. The van der Waals surface area contributed by atoms with E-state index in [9.17, 15) is 0 Å². The Morgan fingerprint density at radius 1 is 1.35 bits per heavy atom. The van der Waals surface area contributed by atoms with Gasteiger partial charge in [-0.1, -0.05) is 6.92 Å². The molecule has 0 bridgehead atoms. The van der Waals surface area contributed by atoms with Gasteiger partial charge < -0.3 is 4.57 Å². The second-order valence-corrected chi connectivity index (χ2v) is 7.50. The lowest BCUT2D eigenvalue weighted by molar-refractivity contribution is 0.549. The Morgan fingerprint density at radius 3 is 2.60 bits per heavy atom. The molecule has 2 heterocycles. The minimum Gasteiger partial charge on any atom is -0.311 e. The van der Waals surface area contributed by atoms with E-state index in [1.165, 1.54) is 0 Å². The Morgan fingerprint density at radius 2 is 2.05 bits per heavy atom. The molecular weight excluding hydrogens is 292 g/mol. The van der Waals surface area contributed by atoms with Gasteiger partial charge in [-0.15, -0.1) is 11.6 Å². The number of hydrogen-bond donors (Lipinski definition) is 0. The molecule has 2 aromatic heterocycles. The summed E-state index contributed by atoms with van der Waals surface area (Å²) in [5.74, 6) is 1.66. The topological polar surface area (TPSA) is 35.6 Å². The molecule has 0 aliphatic heterocycles. The van der Waals surface area contributed by atoms with Crippen LogP contribution in [0.4, 0.5) is 0 Å². The molecule has 0 unspecified atom stereocenters. The molecule has 2 aromatic rings. The molecule has 0 N–H and O–H groups in total. The number of imidazole rings is 1. The standard InChI is InChI=1S/C14H23ClN4S/c1-6-10-12-13(18(4)17-10)19(9-14(2,3)20-5)11(16-12)7-8-15/h6-9H2,1-5H3. The summed E-state index contributed by atoms with van der Waals surface area (Å²) in [5.41, 5.74) is 3.22. The first-order valence-electron chi connectivity index (χ1n) is 6.95. The van der Waals surface area contributed by atoms with E-state index in [0.29, 0.717) is 5.88 Å². The molecule has 6 heteroatoms. The Balaban J connectivity index is 2.59. The fraction of sp³-hybridized carbons (Fsp3) is 0.714. The molecule has 112 valence electrons. The number of rotatable bonds is 6. The molecular formula is C14H23ClN4S. The van der Waals surface area contributed by atoms with Crippen molar-refractivity contribution >= 4 is 34.5 Å². The Labute approximate surface area is 129 Å². The van der Waals surface area contributed by atoms with Gasteiger partial charge in [0.2, 0.25) is 0 Å². The largest absolute Gasteiger partial charge is 0.311 e. The van der Waals surface area contributed by atoms with Crippen LogP contribution in [-0.4, -0.2) is 36.2 Å². The molecule has 20 heavy (non-hydrogen) atoms. The molecule has 0 saturated heterocycles. The van der Waals surface area contributed by atoms with Crippen LogP contribution in [0.2, 0.25) is 0 Å². The molecule has 0 spiro atoms. The van der Waals surface area contributed by atoms with Crippen molar-refractivity contribution in [2.45, 2.75) is 44.9 Å². The monoisotopic (exact) mass is 314 g/mol. The van der Waals surface area contributed by atoms with Crippen molar-refractivity contribution in [2.24, 2.45) is 7.05 Å². The van der Waals surface area contributed by atoms with Gasteiger partial charge in [0, 0.05) is 30.6 Å². The van der Waals surface area contributed by atoms with Gasteiger partial charge >= 0.3 is 0 Å². The van der Waals surface area contributed by atoms with Crippen molar-refractivity contribution < 1.29 is 0 Å². The van der Waals surface area contributed by atoms with E-state index in [1.807, 2.05) is 23.5 Å². The number of hydrogen-bond acceptors (Lipinski definition) is 3. The highest BCUT2D eigenvalue weighted by Crippen LogP contribution is 2.28. The zero-order valence-electron chi connectivity index (χ0n) is 12.9. The van der Waals surface area contributed by atoms with Gasteiger partial charge in [0.25, 0.3) is 0 Å². The van der Waals surface area contributed by atoms with Crippen molar-refractivity contribution in [3.63, 3.8) is 0 Å². The van der Waals surface area contributed by atoms with E-state index in [0.717, 1.165) is 42.1 Å². The van der Waals surface area contributed by atoms with Gasteiger partial charge in [0.15, 0.2) is 5.65 Å². The molecule has 0 saturated carbocycles. The maximum atomic E-state index is 5.94. The summed E-state index contributed by atoms with van der Waals surface area (Å²) in [6.45, 7) is 7.55. The third kappa shape index (κ3) is 2.84. The second kappa shape index (κ2) is 5.98. The summed E-state index contributed by atoms with van der Waals surface area (Å²) >= 11 is 7.81. The fourth-order valence-corrected chi connectivity index (χ4v) is 2.84. The van der Waals surface area contributed by atoms with Gasteiger partial charge in [-0.3, -0.25) is 4.68 Å². The van der Waals surface area contributed by atoms with Crippen molar-refractivity contribution in [3.8, 4) is 0 Å². The zero-order chi connectivity index (χ0) is 14.9. The predicted octanol–water partition coefficient (Wildman–Crippen LogP) is 3.26. The normalized spacial score (nSPS) is 12.5. The Kier molecular flexibility index (Phi) is 4.69. The first kappa shape index (κ1) is 15.7. The highest BCUT2D eigenvalue weighted by atomic mass is 35.5. The minimum absolute atomic E-state index is 0.158. The van der Waals surface area contributed by atoms with Crippen LogP contribution in [0.15, 0.2) is 0 Å². The quantitative estimate of drug-likeness (QED) is 0.768. The SMILES string of the molecule is CCc1nn(C)c2c1nc(CCCl)n2CC(C)(C)SC. The number of alkyl halides is 1. The van der Waals surface area contributed by atoms with Crippen molar-refractivity contribution in [1.82, 2.24) is 19.3 Å². The van der Waals surface area contributed by atoms with Gasteiger partial charge in [-0.05, 0) is 26.5 Å². The second-order valence-electron chi connectivity index (χ2n) is 5.61. The lowest BCUT2D eigenvalue weighted by Crippen LogP contribution is -2.24. The number of nitrogens with zero attached hydrogens (tertiary/aromatic N) is 4. The van der Waals surface area contributed by atoms with Crippen LogP contribution >= 0.6 is 23.4 Å². The van der Waals surface area contributed by atoms with Crippen LogP contribution in [-0.2, 0) is 26.4 Å². The average molecular weight is 315 g/mol. The van der Waals surface area contributed by atoms with Crippen LogP contribution in [0, 0.1) is 0 Å². The van der Waals surface area contributed by atoms with Crippen molar-refractivity contribution in [3.05, 3.63) is 11.5 Å². The van der Waals surface area contributed by atoms with E-state index < -0.39 is 0 Å². The maximum absolute atomic E-state index is 5.94. The molecule has 0 aliphatic rings. The Bertz CT molecular complexity index is 600. The maximum Gasteiger partial charge on any atom is 0.158 e. The molecule has 0 amide bonds. The van der Waals surface area contributed by atoms with Crippen LogP contribution in [0.3, 0.4) is 0 Å². The number of aryl methyl sites for hydroxylation is 3. The summed E-state index contributed by atoms with van der Waals surface area (Å²) in [7, 11) is 2.00. The molecule has 0 radical (unpaired) electrons. The molecule has 4 nitrogen and oxygen atoms in total. The summed E-state index contributed by atoms with van der Waals surface area (Å²) < 4.78 is 4.40. The lowest BCUT2D eigenvalue weighted by Gasteiger charge is -2.24. The van der Waals surface area contributed by atoms with E-state index in [1.54, 1.807) is 0 Å². The molecule has 0 aliphatic carbocycles. The average Bonchev–Trinajstić information content (AvgIpc) is 2.89. The molecule has 2 rings (SSSR count). The van der Waals surface area contributed by atoms with E-state index in [4.69, 9.17) is 16.6 Å². The first-order chi connectivity index (χ1) is 9.43. The smallest absolute Gasteiger partial charge is 0.158 e. The summed E-state index contributed by atoms with van der Waals surface area (Å²) in [5, 5.41) is 4.58. The predicted molar refractivity (Wildman–Crippen MR) is 87.9 cm³/mol. The van der Waals surface area contributed by atoms with Crippen molar-refractivity contribution in [2.75, 3.05) is 12.1 Å². The number of aromatic nitrogens is 4. The number of halogens is 1. The lowest BCUT2D eigenvalue weighted by atomic mass is 10.2.